The van der Waals surface area contributed by atoms with E-state index < -0.39 is 0 Å². The zero-order valence-electron chi connectivity index (χ0n) is 9.58. The van der Waals surface area contributed by atoms with Gasteiger partial charge in [-0.2, -0.15) is 0 Å². The molecule has 1 aromatic carbocycles. The number of carbonyl (C=O) groups is 1. The minimum atomic E-state index is -0.134. The third kappa shape index (κ3) is 3.14. The molecule has 0 aliphatic carbocycles. The lowest BCUT2D eigenvalue weighted by atomic mass is 10.1. The molecule has 0 saturated carbocycles. The molecule has 0 fully saturated rings. The second kappa shape index (κ2) is 5.42. The fraction of sp³-hybridized carbons (Fsp3) is 0.250. The average molecular weight is 264 g/mol. The standard InChI is InChI=1S/C12H12N2OS2/c1-8-3-5-10(6-4-8)11(15)9(2)17-12-14-13-7-16-12/h3-7,9H,1-2H3. The Kier molecular flexibility index (Phi) is 3.91. The normalized spacial score (nSPS) is 12.4. The Bertz CT molecular complexity index is 494. The molecule has 0 aliphatic rings. The number of nitrogens with zero attached hydrogens (tertiary/aromatic N) is 2. The summed E-state index contributed by atoms with van der Waals surface area (Å²) in [7, 11) is 0. The van der Waals surface area contributed by atoms with Crippen LogP contribution in [0.2, 0.25) is 0 Å². The van der Waals surface area contributed by atoms with Crippen molar-refractivity contribution >= 4 is 28.9 Å². The molecule has 17 heavy (non-hydrogen) atoms. The van der Waals surface area contributed by atoms with E-state index in [2.05, 4.69) is 10.2 Å². The highest BCUT2D eigenvalue weighted by molar-refractivity contribution is 8.02. The topological polar surface area (TPSA) is 42.9 Å². The van der Waals surface area contributed by atoms with Gasteiger partial charge in [-0.15, -0.1) is 10.2 Å². The summed E-state index contributed by atoms with van der Waals surface area (Å²) in [5, 5.41) is 7.55. The molecule has 0 radical (unpaired) electrons. The Hall–Kier alpha value is -1.20. The van der Waals surface area contributed by atoms with Gasteiger partial charge in [0.15, 0.2) is 10.1 Å². The molecular weight excluding hydrogens is 252 g/mol. The maximum absolute atomic E-state index is 12.1. The summed E-state index contributed by atoms with van der Waals surface area (Å²) in [5.41, 5.74) is 3.58. The van der Waals surface area contributed by atoms with Gasteiger partial charge >= 0.3 is 0 Å². The molecular formula is C12H12N2OS2. The molecule has 0 bridgehead atoms. The van der Waals surface area contributed by atoms with Gasteiger partial charge in [0.2, 0.25) is 0 Å². The third-order valence-corrected chi connectivity index (χ3v) is 4.23. The number of ketones is 1. The van der Waals surface area contributed by atoms with Gasteiger partial charge < -0.3 is 0 Å². The predicted molar refractivity (Wildman–Crippen MR) is 70.7 cm³/mol. The van der Waals surface area contributed by atoms with Crippen LogP contribution in [0.25, 0.3) is 0 Å². The van der Waals surface area contributed by atoms with Gasteiger partial charge in [-0.25, -0.2) is 0 Å². The maximum atomic E-state index is 12.1. The van der Waals surface area contributed by atoms with Crippen molar-refractivity contribution in [3.63, 3.8) is 0 Å². The molecule has 1 unspecified atom stereocenters. The lowest BCUT2D eigenvalue weighted by molar-refractivity contribution is 0.0994. The molecule has 2 aromatic rings. The summed E-state index contributed by atoms with van der Waals surface area (Å²) >= 11 is 2.91. The highest BCUT2D eigenvalue weighted by atomic mass is 32.2. The van der Waals surface area contributed by atoms with Crippen LogP contribution in [0.4, 0.5) is 0 Å². The van der Waals surface area contributed by atoms with E-state index in [4.69, 9.17) is 0 Å². The predicted octanol–water partition coefficient (Wildman–Crippen LogP) is 3.21. The van der Waals surface area contributed by atoms with Crippen molar-refractivity contribution in [3.8, 4) is 0 Å². The molecule has 0 aliphatic heterocycles. The molecule has 0 amide bonds. The van der Waals surface area contributed by atoms with Gasteiger partial charge in [0.1, 0.15) is 5.51 Å². The number of rotatable bonds is 4. The van der Waals surface area contributed by atoms with Crippen LogP contribution in [0.3, 0.4) is 0 Å². The number of hydrogen-bond acceptors (Lipinski definition) is 5. The van der Waals surface area contributed by atoms with Crippen molar-refractivity contribution in [2.45, 2.75) is 23.4 Å². The van der Waals surface area contributed by atoms with Crippen molar-refractivity contribution in [1.82, 2.24) is 10.2 Å². The molecule has 0 N–H and O–H groups in total. The first-order chi connectivity index (χ1) is 8.16. The van der Waals surface area contributed by atoms with Crippen LogP contribution < -0.4 is 0 Å². The molecule has 2 rings (SSSR count). The Morgan fingerprint density at radius 1 is 1.35 bits per heavy atom. The Balaban J connectivity index is 2.07. The second-order valence-electron chi connectivity index (χ2n) is 3.69. The highest BCUT2D eigenvalue weighted by Crippen LogP contribution is 2.26. The zero-order chi connectivity index (χ0) is 12.3. The summed E-state index contributed by atoms with van der Waals surface area (Å²) in [4.78, 5) is 12.1. The minimum Gasteiger partial charge on any atom is -0.293 e. The van der Waals surface area contributed by atoms with Crippen LogP contribution in [0.1, 0.15) is 22.8 Å². The van der Waals surface area contributed by atoms with Gasteiger partial charge in [-0.3, -0.25) is 4.79 Å². The van der Waals surface area contributed by atoms with E-state index in [-0.39, 0.29) is 11.0 Å². The van der Waals surface area contributed by atoms with Gasteiger partial charge in [-0.05, 0) is 13.8 Å². The number of hydrogen-bond donors (Lipinski definition) is 0. The van der Waals surface area contributed by atoms with Crippen LogP contribution in [-0.4, -0.2) is 21.2 Å². The first-order valence-electron chi connectivity index (χ1n) is 5.20. The van der Waals surface area contributed by atoms with Crippen molar-refractivity contribution in [1.29, 1.82) is 0 Å². The fourth-order valence-corrected chi connectivity index (χ4v) is 3.07. The lowest BCUT2D eigenvalue weighted by Crippen LogP contribution is -2.13. The molecule has 1 aromatic heterocycles. The fourth-order valence-electron chi connectivity index (χ4n) is 1.37. The Labute approximate surface area is 108 Å². The molecule has 1 atom stereocenters. The smallest absolute Gasteiger partial charge is 0.175 e. The summed E-state index contributed by atoms with van der Waals surface area (Å²) < 4.78 is 0.831. The van der Waals surface area contributed by atoms with Crippen LogP contribution in [0.5, 0.6) is 0 Å². The minimum absolute atomic E-state index is 0.130. The van der Waals surface area contributed by atoms with Crippen molar-refractivity contribution in [2.24, 2.45) is 0 Å². The second-order valence-corrected chi connectivity index (χ2v) is 6.12. The summed E-state index contributed by atoms with van der Waals surface area (Å²) in [6.45, 7) is 3.90. The van der Waals surface area contributed by atoms with E-state index >= 15 is 0 Å². The van der Waals surface area contributed by atoms with Gasteiger partial charge in [0.05, 0.1) is 5.25 Å². The van der Waals surface area contributed by atoms with Crippen LogP contribution in [0, 0.1) is 6.92 Å². The van der Waals surface area contributed by atoms with E-state index in [1.54, 1.807) is 5.51 Å². The van der Waals surface area contributed by atoms with Crippen LogP contribution >= 0.6 is 23.1 Å². The first kappa shape index (κ1) is 12.3. The number of carbonyl (C=O) groups excluding carboxylic acids is 1. The third-order valence-electron chi connectivity index (χ3n) is 2.32. The summed E-state index contributed by atoms with van der Waals surface area (Å²) in [6, 6.07) is 7.65. The molecule has 3 nitrogen and oxygen atoms in total. The Morgan fingerprint density at radius 2 is 2.06 bits per heavy atom. The van der Waals surface area contributed by atoms with E-state index in [9.17, 15) is 4.79 Å². The lowest BCUT2D eigenvalue weighted by Gasteiger charge is -2.07. The van der Waals surface area contributed by atoms with E-state index in [0.29, 0.717) is 0 Å². The van der Waals surface area contributed by atoms with Gasteiger partial charge in [0, 0.05) is 5.56 Å². The van der Waals surface area contributed by atoms with Crippen LogP contribution in [-0.2, 0) is 0 Å². The van der Waals surface area contributed by atoms with Crippen molar-refractivity contribution in [2.75, 3.05) is 0 Å². The number of benzene rings is 1. The number of aromatic nitrogens is 2. The first-order valence-corrected chi connectivity index (χ1v) is 6.96. The van der Waals surface area contributed by atoms with E-state index in [1.165, 1.54) is 23.1 Å². The largest absolute Gasteiger partial charge is 0.293 e. The summed E-state index contributed by atoms with van der Waals surface area (Å²) in [5.74, 6) is 0.130. The number of aryl methyl sites for hydroxylation is 1. The average Bonchev–Trinajstić information content (AvgIpc) is 2.82. The van der Waals surface area contributed by atoms with Crippen LogP contribution in [0.15, 0.2) is 34.1 Å². The zero-order valence-corrected chi connectivity index (χ0v) is 11.2. The van der Waals surface area contributed by atoms with E-state index in [1.807, 2.05) is 38.1 Å². The number of Topliss-reactive ketones (excluding diaryl/α,β-unsaturated/α-hetero) is 1. The molecule has 0 spiro atoms. The van der Waals surface area contributed by atoms with Crippen molar-refractivity contribution < 1.29 is 4.79 Å². The van der Waals surface area contributed by atoms with E-state index in [0.717, 1.165) is 15.5 Å². The molecule has 5 heteroatoms. The van der Waals surface area contributed by atoms with Gasteiger partial charge in [-0.1, -0.05) is 52.9 Å². The van der Waals surface area contributed by atoms with Gasteiger partial charge in [0.25, 0.3) is 0 Å². The SMILES string of the molecule is Cc1ccc(C(=O)C(C)Sc2nncs2)cc1. The molecule has 1 heterocycles. The quantitative estimate of drug-likeness (QED) is 0.628. The molecule has 88 valence electrons. The monoisotopic (exact) mass is 264 g/mol. The maximum Gasteiger partial charge on any atom is 0.175 e. The Morgan fingerprint density at radius 3 is 2.65 bits per heavy atom. The van der Waals surface area contributed by atoms with Crippen molar-refractivity contribution in [3.05, 3.63) is 40.9 Å². The highest BCUT2D eigenvalue weighted by Gasteiger charge is 2.17. The number of thioether (sulfide) groups is 1. The summed E-state index contributed by atoms with van der Waals surface area (Å²) in [6.07, 6.45) is 0. The molecule has 0 saturated heterocycles.